The van der Waals surface area contributed by atoms with Gasteiger partial charge in [0.25, 0.3) is 5.89 Å². The first-order valence-corrected chi connectivity index (χ1v) is 10.5. The standard InChI is InChI=1S/C23H23N5O3/c24-16-18-23(31-22(25-18)20-6-3-15-30-20)27-13-11-26(12-14-27)9-8-21(29)28-10-7-17-4-1-2-5-19(17)28/h1-6,15H,7-14H2. The van der Waals surface area contributed by atoms with Crippen LogP contribution in [0.2, 0.25) is 0 Å². The number of piperazine rings is 1. The number of nitrogens with zero attached hydrogens (tertiary/aromatic N) is 5. The van der Waals surface area contributed by atoms with Crippen LogP contribution in [0.4, 0.5) is 11.6 Å². The van der Waals surface area contributed by atoms with E-state index >= 15 is 0 Å². The molecule has 0 aliphatic carbocycles. The summed E-state index contributed by atoms with van der Waals surface area (Å²) < 4.78 is 11.2. The van der Waals surface area contributed by atoms with Gasteiger partial charge in [-0.05, 0) is 30.2 Å². The molecule has 2 aromatic heterocycles. The Morgan fingerprint density at radius 3 is 2.71 bits per heavy atom. The SMILES string of the molecule is N#Cc1nc(-c2ccco2)oc1N1CCN(CCC(=O)N2CCc3ccccc32)CC1. The summed E-state index contributed by atoms with van der Waals surface area (Å²) in [4.78, 5) is 23.2. The zero-order valence-corrected chi connectivity index (χ0v) is 17.2. The largest absolute Gasteiger partial charge is 0.459 e. The Labute approximate surface area is 180 Å². The number of furan rings is 1. The maximum Gasteiger partial charge on any atom is 0.266 e. The molecule has 0 N–H and O–H groups in total. The number of anilines is 2. The molecule has 0 saturated carbocycles. The summed E-state index contributed by atoms with van der Waals surface area (Å²) in [5.74, 6) is 1.48. The highest BCUT2D eigenvalue weighted by Gasteiger charge is 2.27. The van der Waals surface area contributed by atoms with Gasteiger partial charge < -0.3 is 18.6 Å². The van der Waals surface area contributed by atoms with Crippen LogP contribution in [0.25, 0.3) is 11.7 Å². The molecule has 0 atom stereocenters. The number of carbonyl (C=O) groups excluding carboxylic acids is 1. The second kappa shape index (κ2) is 8.28. The summed E-state index contributed by atoms with van der Waals surface area (Å²) in [5, 5.41) is 9.45. The van der Waals surface area contributed by atoms with Gasteiger partial charge >= 0.3 is 0 Å². The molecule has 1 amide bonds. The third kappa shape index (κ3) is 3.80. The number of para-hydroxylation sites is 1. The molecule has 31 heavy (non-hydrogen) atoms. The average Bonchev–Trinajstić information content (AvgIpc) is 3.56. The van der Waals surface area contributed by atoms with E-state index in [9.17, 15) is 10.1 Å². The fraction of sp³-hybridized carbons (Fsp3) is 0.348. The molecule has 1 fully saturated rings. The summed E-state index contributed by atoms with van der Waals surface area (Å²) in [6.45, 7) is 4.51. The fourth-order valence-electron chi connectivity index (χ4n) is 4.27. The van der Waals surface area contributed by atoms with Crippen molar-refractivity contribution in [3.63, 3.8) is 0 Å². The minimum Gasteiger partial charge on any atom is -0.459 e. The fourth-order valence-corrected chi connectivity index (χ4v) is 4.27. The first kappa shape index (κ1) is 19.4. The summed E-state index contributed by atoms with van der Waals surface area (Å²) >= 11 is 0. The second-order valence-electron chi connectivity index (χ2n) is 7.76. The Balaban J connectivity index is 1.16. The number of carbonyl (C=O) groups is 1. The van der Waals surface area contributed by atoms with Crippen molar-refractivity contribution < 1.29 is 13.6 Å². The molecule has 5 rings (SSSR count). The Morgan fingerprint density at radius 1 is 1.10 bits per heavy atom. The lowest BCUT2D eigenvalue weighted by Gasteiger charge is -2.34. The topological polar surface area (TPSA) is 89.7 Å². The zero-order chi connectivity index (χ0) is 21.2. The van der Waals surface area contributed by atoms with Gasteiger partial charge in [0, 0.05) is 51.4 Å². The van der Waals surface area contributed by atoms with Gasteiger partial charge in [-0.1, -0.05) is 18.2 Å². The molecule has 0 spiro atoms. The van der Waals surface area contributed by atoms with Gasteiger partial charge in [0.15, 0.2) is 5.76 Å². The molecule has 1 aromatic carbocycles. The van der Waals surface area contributed by atoms with E-state index in [0.717, 1.165) is 38.3 Å². The van der Waals surface area contributed by atoms with Crippen molar-refractivity contribution in [3.8, 4) is 17.7 Å². The first-order valence-electron chi connectivity index (χ1n) is 10.5. The van der Waals surface area contributed by atoms with Gasteiger partial charge in [-0.15, -0.1) is 0 Å². The summed E-state index contributed by atoms with van der Waals surface area (Å²) in [7, 11) is 0. The Hall–Kier alpha value is -3.57. The van der Waals surface area contributed by atoms with Crippen molar-refractivity contribution in [2.24, 2.45) is 0 Å². The minimum absolute atomic E-state index is 0.178. The molecular weight excluding hydrogens is 394 g/mol. The lowest BCUT2D eigenvalue weighted by molar-refractivity contribution is -0.118. The molecule has 0 radical (unpaired) electrons. The molecule has 0 unspecified atom stereocenters. The van der Waals surface area contributed by atoms with Crippen LogP contribution in [0.3, 0.4) is 0 Å². The van der Waals surface area contributed by atoms with Gasteiger partial charge in [-0.2, -0.15) is 10.2 Å². The summed E-state index contributed by atoms with van der Waals surface area (Å²) in [6.07, 6.45) is 2.98. The van der Waals surface area contributed by atoms with Crippen molar-refractivity contribution >= 4 is 17.5 Å². The molecule has 158 valence electrons. The van der Waals surface area contributed by atoms with E-state index in [0.29, 0.717) is 37.0 Å². The van der Waals surface area contributed by atoms with Crippen molar-refractivity contribution in [2.45, 2.75) is 12.8 Å². The number of benzene rings is 1. The molecule has 2 aliphatic rings. The van der Waals surface area contributed by atoms with E-state index in [1.165, 1.54) is 5.56 Å². The molecule has 3 aromatic rings. The molecule has 2 aliphatic heterocycles. The second-order valence-corrected chi connectivity index (χ2v) is 7.76. The monoisotopic (exact) mass is 417 g/mol. The van der Waals surface area contributed by atoms with Gasteiger partial charge in [-0.3, -0.25) is 9.69 Å². The van der Waals surface area contributed by atoms with E-state index in [2.05, 4.69) is 22.0 Å². The smallest absolute Gasteiger partial charge is 0.266 e. The third-order valence-corrected chi connectivity index (χ3v) is 5.94. The van der Waals surface area contributed by atoms with Crippen LogP contribution in [0.1, 0.15) is 17.7 Å². The number of fused-ring (bicyclic) bond motifs is 1. The van der Waals surface area contributed by atoms with Gasteiger partial charge in [0.05, 0.1) is 6.26 Å². The molecule has 8 nitrogen and oxygen atoms in total. The number of rotatable bonds is 5. The molecule has 8 heteroatoms. The molecule has 1 saturated heterocycles. The van der Waals surface area contributed by atoms with Gasteiger partial charge in [0.2, 0.25) is 17.5 Å². The maximum absolute atomic E-state index is 12.8. The number of amides is 1. The van der Waals surface area contributed by atoms with Crippen LogP contribution in [-0.4, -0.2) is 55.1 Å². The van der Waals surface area contributed by atoms with E-state index in [-0.39, 0.29) is 11.6 Å². The first-order chi connectivity index (χ1) is 15.2. The van der Waals surface area contributed by atoms with Crippen LogP contribution in [0, 0.1) is 11.3 Å². The highest BCUT2D eigenvalue weighted by Crippen LogP contribution is 2.30. The quantitative estimate of drug-likeness (QED) is 0.630. The van der Waals surface area contributed by atoms with Crippen molar-refractivity contribution in [2.75, 3.05) is 49.1 Å². The Kier molecular flexibility index (Phi) is 5.18. The normalized spacial score (nSPS) is 16.4. The lowest BCUT2D eigenvalue weighted by Crippen LogP contribution is -2.47. The average molecular weight is 417 g/mol. The Morgan fingerprint density at radius 2 is 1.94 bits per heavy atom. The Bertz CT molecular complexity index is 1110. The maximum atomic E-state index is 12.8. The van der Waals surface area contributed by atoms with E-state index in [4.69, 9.17) is 8.83 Å². The lowest BCUT2D eigenvalue weighted by atomic mass is 10.2. The minimum atomic E-state index is 0.178. The highest BCUT2D eigenvalue weighted by atomic mass is 16.4. The van der Waals surface area contributed by atoms with Gasteiger partial charge in [-0.25, -0.2) is 0 Å². The number of hydrogen-bond donors (Lipinski definition) is 0. The third-order valence-electron chi connectivity index (χ3n) is 5.94. The summed E-state index contributed by atoms with van der Waals surface area (Å²) in [6, 6.07) is 13.8. The van der Waals surface area contributed by atoms with Crippen LogP contribution in [0.15, 0.2) is 51.5 Å². The van der Waals surface area contributed by atoms with Crippen LogP contribution >= 0.6 is 0 Å². The van der Waals surface area contributed by atoms with Crippen LogP contribution < -0.4 is 9.80 Å². The zero-order valence-electron chi connectivity index (χ0n) is 17.2. The van der Waals surface area contributed by atoms with E-state index in [1.54, 1.807) is 18.4 Å². The van der Waals surface area contributed by atoms with Crippen LogP contribution in [0.5, 0.6) is 0 Å². The van der Waals surface area contributed by atoms with Crippen molar-refractivity contribution in [1.29, 1.82) is 5.26 Å². The van der Waals surface area contributed by atoms with Crippen molar-refractivity contribution in [1.82, 2.24) is 9.88 Å². The number of nitriles is 1. The van der Waals surface area contributed by atoms with Crippen molar-refractivity contribution in [3.05, 3.63) is 53.9 Å². The molecule has 4 heterocycles. The number of aromatic nitrogens is 1. The summed E-state index contributed by atoms with van der Waals surface area (Å²) in [5.41, 5.74) is 2.57. The predicted molar refractivity (Wildman–Crippen MR) is 115 cm³/mol. The van der Waals surface area contributed by atoms with Gasteiger partial charge in [0.1, 0.15) is 6.07 Å². The van der Waals surface area contributed by atoms with E-state index < -0.39 is 0 Å². The number of hydrogen-bond acceptors (Lipinski definition) is 7. The van der Waals surface area contributed by atoms with E-state index in [1.807, 2.05) is 28.0 Å². The molecule has 0 bridgehead atoms. The molecular formula is C23H23N5O3. The highest BCUT2D eigenvalue weighted by molar-refractivity contribution is 5.95. The predicted octanol–water partition coefficient (Wildman–Crippen LogP) is 2.91. The van der Waals surface area contributed by atoms with Crippen LogP contribution in [-0.2, 0) is 11.2 Å². The number of oxazole rings is 1.